The van der Waals surface area contributed by atoms with Crippen LogP contribution in [0, 0.1) is 17.2 Å². The van der Waals surface area contributed by atoms with E-state index in [1.165, 1.54) is 12.8 Å². The molecule has 0 spiro atoms. The molecule has 130 valence electrons. The predicted molar refractivity (Wildman–Crippen MR) is 94.8 cm³/mol. The fourth-order valence-electron chi connectivity index (χ4n) is 2.70. The van der Waals surface area contributed by atoms with Crippen molar-refractivity contribution in [2.75, 3.05) is 11.9 Å². The van der Waals surface area contributed by atoms with E-state index in [0.717, 1.165) is 24.3 Å². The zero-order chi connectivity index (χ0) is 17.6. The van der Waals surface area contributed by atoms with Crippen LogP contribution in [0.25, 0.3) is 0 Å². The Kier molecular flexibility index (Phi) is 6.08. The number of amides is 1. The van der Waals surface area contributed by atoms with Crippen LogP contribution in [0.2, 0.25) is 0 Å². The van der Waals surface area contributed by atoms with Crippen molar-refractivity contribution < 1.29 is 9.53 Å². The molecule has 24 heavy (non-hydrogen) atoms. The molecule has 1 aromatic rings. The van der Waals surface area contributed by atoms with E-state index in [4.69, 9.17) is 4.74 Å². The van der Waals surface area contributed by atoms with Gasteiger partial charge in [0.15, 0.2) is 0 Å². The average molecular weight is 329 g/mol. The summed E-state index contributed by atoms with van der Waals surface area (Å²) < 4.78 is 5.97. The Morgan fingerprint density at radius 3 is 2.75 bits per heavy atom. The van der Waals surface area contributed by atoms with Gasteiger partial charge in [0.05, 0.1) is 18.7 Å². The number of rotatable bonds is 7. The molecule has 0 radical (unpaired) electrons. The summed E-state index contributed by atoms with van der Waals surface area (Å²) in [6, 6.07) is 9.85. The minimum absolute atomic E-state index is 0.0367. The van der Waals surface area contributed by atoms with Crippen molar-refractivity contribution in [1.29, 1.82) is 5.26 Å². The molecule has 5 nitrogen and oxygen atoms in total. The van der Waals surface area contributed by atoms with E-state index in [0.29, 0.717) is 6.10 Å². The van der Waals surface area contributed by atoms with Crippen molar-refractivity contribution in [1.82, 2.24) is 5.32 Å². The largest absolute Gasteiger partial charge is 0.490 e. The van der Waals surface area contributed by atoms with E-state index < -0.39 is 5.54 Å². The Balaban J connectivity index is 1.87. The molecule has 1 saturated carbocycles. The Hall–Kier alpha value is -2.22. The Bertz CT molecular complexity index is 603. The highest BCUT2D eigenvalue weighted by Crippen LogP contribution is 2.25. The molecule has 1 aliphatic carbocycles. The second kappa shape index (κ2) is 8.05. The Morgan fingerprint density at radius 1 is 1.42 bits per heavy atom. The highest BCUT2D eigenvalue weighted by Gasteiger charge is 2.29. The highest BCUT2D eigenvalue weighted by molar-refractivity contribution is 5.81. The SMILES string of the molecule is CC(C)C(C)(C#N)NC(=O)CNc1cccc(OC2CCCC2)c1. The zero-order valence-corrected chi connectivity index (χ0v) is 14.8. The molecule has 2 N–H and O–H groups in total. The van der Waals surface area contributed by atoms with Crippen LogP contribution in [0.3, 0.4) is 0 Å². The summed E-state index contributed by atoms with van der Waals surface area (Å²) in [4.78, 5) is 12.1. The van der Waals surface area contributed by atoms with E-state index in [1.807, 2.05) is 38.1 Å². The maximum Gasteiger partial charge on any atom is 0.240 e. The van der Waals surface area contributed by atoms with Gasteiger partial charge in [-0.1, -0.05) is 19.9 Å². The molecule has 5 heteroatoms. The van der Waals surface area contributed by atoms with Gasteiger partial charge in [0.25, 0.3) is 0 Å². The lowest BCUT2D eigenvalue weighted by Crippen LogP contribution is -2.50. The van der Waals surface area contributed by atoms with Crippen molar-refractivity contribution in [3.8, 4) is 11.8 Å². The van der Waals surface area contributed by atoms with Gasteiger partial charge in [-0.2, -0.15) is 5.26 Å². The minimum atomic E-state index is -0.855. The van der Waals surface area contributed by atoms with Gasteiger partial charge in [-0.25, -0.2) is 0 Å². The number of ether oxygens (including phenoxy) is 1. The highest BCUT2D eigenvalue weighted by atomic mass is 16.5. The normalized spacial score (nSPS) is 17.1. The number of anilines is 1. The van der Waals surface area contributed by atoms with Crippen molar-refractivity contribution in [3.63, 3.8) is 0 Å². The van der Waals surface area contributed by atoms with Gasteiger partial charge in [-0.15, -0.1) is 0 Å². The third-order valence-electron chi connectivity index (χ3n) is 4.68. The third-order valence-corrected chi connectivity index (χ3v) is 4.68. The molecule has 0 heterocycles. The van der Waals surface area contributed by atoms with Gasteiger partial charge in [0, 0.05) is 11.8 Å². The van der Waals surface area contributed by atoms with E-state index in [-0.39, 0.29) is 18.4 Å². The minimum Gasteiger partial charge on any atom is -0.490 e. The molecule has 0 bridgehead atoms. The van der Waals surface area contributed by atoms with Crippen LogP contribution in [-0.4, -0.2) is 24.1 Å². The molecule has 0 aromatic heterocycles. The molecule has 1 aromatic carbocycles. The summed E-state index contributed by atoms with van der Waals surface area (Å²) in [5.41, 5.74) is -0.0181. The second-order valence-corrected chi connectivity index (χ2v) is 6.92. The summed E-state index contributed by atoms with van der Waals surface area (Å²) in [6.07, 6.45) is 5.00. The predicted octanol–water partition coefficient (Wildman–Crippen LogP) is 3.47. The molecule has 1 atom stereocenters. The van der Waals surface area contributed by atoms with E-state index in [1.54, 1.807) is 6.92 Å². The first-order chi connectivity index (χ1) is 11.4. The monoisotopic (exact) mass is 329 g/mol. The lowest BCUT2D eigenvalue weighted by atomic mass is 9.90. The summed E-state index contributed by atoms with van der Waals surface area (Å²) in [6.45, 7) is 5.70. The lowest BCUT2D eigenvalue weighted by Gasteiger charge is -2.27. The second-order valence-electron chi connectivity index (χ2n) is 6.92. The van der Waals surface area contributed by atoms with Gasteiger partial charge < -0.3 is 15.4 Å². The number of nitrogens with zero attached hydrogens (tertiary/aromatic N) is 1. The molecule has 1 amide bonds. The van der Waals surface area contributed by atoms with E-state index in [9.17, 15) is 10.1 Å². The van der Waals surface area contributed by atoms with Crippen molar-refractivity contribution in [2.45, 2.75) is 58.1 Å². The number of hydrogen-bond acceptors (Lipinski definition) is 4. The summed E-state index contributed by atoms with van der Waals surface area (Å²) in [5.74, 6) is 0.667. The zero-order valence-electron chi connectivity index (χ0n) is 14.8. The van der Waals surface area contributed by atoms with Crippen molar-refractivity contribution in [2.24, 2.45) is 5.92 Å². The van der Waals surface area contributed by atoms with E-state index >= 15 is 0 Å². The van der Waals surface area contributed by atoms with Crippen LogP contribution in [0.15, 0.2) is 24.3 Å². The Morgan fingerprint density at radius 2 is 2.12 bits per heavy atom. The van der Waals surface area contributed by atoms with Crippen LogP contribution >= 0.6 is 0 Å². The molecule has 0 saturated heterocycles. The molecule has 0 aliphatic heterocycles. The number of benzene rings is 1. The number of carbonyl (C=O) groups excluding carboxylic acids is 1. The first-order valence-corrected chi connectivity index (χ1v) is 8.66. The van der Waals surface area contributed by atoms with Crippen LogP contribution in [0.5, 0.6) is 5.75 Å². The molecule has 2 rings (SSSR count). The lowest BCUT2D eigenvalue weighted by molar-refractivity contribution is -0.121. The van der Waals surface area contributed by atoms with Gasteiger partial charge in [0.2, 0.25) is 5.91 Å². The standard InChI is InChI=1S/C19H27N3O2/c1-14(2)19(3,13-20)22-18(23)12-21-15-7-6-10-17(11-15)24-16-8-4-5-9-16/h6-7,10-11,14,16,21H,4-5,8-9,12H2,1-3H3,(H,22,23). The number of carbonyl (C=O) groups is 1. The van der Waals surface area contributed by atoms with Crippen LogP contribution in [0.4, 0.5) is 5.69 Å². The molecular weight excluding hydrogens is 302 g/mol. The maximum absolute atomic E-state index is 12.1. The molecule has 1 aliphatic rings. The maximum atomic E-state index is 12.1. The van der Waals surface area contributed by atoms with Gasteiger partial charge in [-0.05, 0) is 50.7 Å². The number of hydrogen-bond donors (Lipinski definition) is 2. The van der Waals surface area contributed by atoms with Crippen LogP contribution in [-0.2, 0) is 4.79 Å². The molecule has 1 unspecified atom stereocenters. The first-order valence-electron chi connectivity index (χ1n) is 8.66. The van der Waals surface area contributed by atoms with Crippen LogP contribution < -0.4 is 15.4 Å². The van der Waals surface area contributed by atoms with E-state index in [2.05, 4.69) is 16.7 Å². The number of nitriles is 1. The number of nitrogens with one attached hydrogen (secondary N) is 2. The quantitative estimate of drug-likeness (QED) is 0.803. The summed E-state index contributed by atoms with van der Waals surface area (Å²) in [5, 5.41) is 15.1. The van der Waals surface area contributed by atoms with Crippen LogP contribution in [0.1, 0.15) is 46.5 Å². The van der Waals surface area contributed by atoms with Gasteiger partial charge in [-0.3, -0.25) is 4.79 Å². The fourth-order valence-corrected chi connectivity index (χ4v) is 2.70. The molecular formula is C19H27N3O2. The fraction of sp³-hybridized carbons (Fsp3) is 0.579. The van der Waals surface area contributed by atoms with Gasteiger partial charge in [0.1, 0.15) is 11.3 Å². The van der Waals surface area contributed by atoms with Crippen molar-refractivity contribution >= 4 is 11.6 Å². The molecule has 1 fully saturated rings. The Labute approximate surface area is 144 Å². The summed E-state index contributed by atoms with van der Waals surface area (Å²) in [7, 11) is 0. The smallest absolute Gasteiger partial charge is 0.240 e. The topological polar surface area (TPSA) is 74.2 Å². The van der Waals surface area contributed by atoms with Gasteiger partial charge >= 0.3 is 0 Å². The summed E-state index contributed by atoms with van der Waals surface area (Å²) >= 11 is 0. The third kappa shape index (κ3) is 4.89. The van der Waals surface area contributed by atoms with Crippen molar-refractivity contribution in [3.05, 3.63) is 24.3 Å². The average Bonchev–Trinajstić information content (AvgIpc) is 3.06. The first kappa shape index (κ1) is 18.1.